The first kappa shape index (κ1) is 24.9. The van der Waals surface area contributed by atoms with Crippen LogP contribution < -0.4 is 5.32 Å². The molecule has 4 rings (SSSR count). The number of ether oxygens (including phenoxy) is 1. The third-order valence-electron chi connectivity index (χ3n) is 6.27. The Hall–Kier alpha value is -3.25. The van der Waals surface area contributed by atoms with E-state index in [2.05, 4.69) is 50.4 Å². The Morgan fingerprint density at radius 3 is 2.00 bits per heavy atom. The van der Waals surface area contributed by atoms with Gasteiger partial charge in [0.1, 0.15) is 6.61 Å². The minimum atomic E-state index is -0.961. The molecule has 0 radical (unpaired) electrons. The van der Waals surface area contributed by atoms with Crippen LogP contribution in [0.3, 0.4) is 0 Å². The van der Waals surface area contributed by atoms with E-state index in [9.17, 15) is 14.7 Å². The van der Waals surface area contributed by atoms with Crippen LogP contribution in [0.25, 0.3) is 11.1 Å². The highest BCUT2D eigenvalue weighted by molar-refractivity contribution is 8.00. The van der Waals surface area contributed by atoms with E-state index in [4.69, 9.17) is 4.74 Å². The second-order valence-electron chi connectivity index (χ2n) is 9.89. The van der Waals surface area contributed by atoms with Gasteiger partial charge in [-0.3, -0.25) is 4.79 Å². The first-order valence-corrected chi connectivity index (χ1v) is 12.7. The van der Waals surface area contributed by atoms with E-state index in [1.54, 1.807) is 11.8 Å². The molecule has 5 nitrogen and oxygen atoms in total. The number of thioether (sulfide) groups is 1. The summed E-state index contributed by atoms with van der Waals surface area (Å²) in [5, 5.41) is 12.3. The summed E-state index contributed by atoms with van der Waals surface area (Å²) in [6.45, 7) is 6.36. The second-order valence-corrected chi connectivity index (χ2v) is 11.1. The summed E-state index contributed by atoms with van der Waals surface area (Å²) in [5.74, 6) is -1.01. The fraction of sp³-hybridized carbons (Fsp3) is 0.310. The summed E-state index contributed by atoms with van der Waals surface area (Å²) >= 11 is 1.58. The minimum Gasteiger partial charge on any atom is -0.481 e. The van der Waals surface area contributed by atoms with Crippen LogP contribution in [0.2, 0.25) is 0 Å². The van der Waals surface area contributed by atoms with Gasteiger partial charge in [-0.15, -0.1) is 11.8 Å². The fourth-order valence-electron chi connectivity index (χ4n) is 4.72. The molecule has 6 heteroatoms. The number of hydrogen-bond donors (Lipinski definition) is 2. The molecule has 2 atom stereocenters. The molecule has 1 unspecified atom stereocenters. The molecular weight excluding hydrogens is 458 g/mol. The van der Waals surface area contributed by atoms with E-state index < -0.39 is 18.1 Å². The third kappa shape index (κ3) is 5.88. The molecule has 0 bridgehead atoms. The highest BCUT2D eigenvalue weighted by Gasteiger charge is 2.36. The topological polar surface area (TPSA) is 75.6 Å². The van der Waals surface area contributed by atoms with Crippen molar-refractivity contribution < 1.29 is 19.4 Å². The molecule has 0 fully saturated rings. The normalized spacial score (nSPS) is 14.5. The van der Waals surface area contributed by atoms with Crippen molar-refractivity contribution >= 4 is 23.8 Å². The average molecular weight is 490 g/mol. The molecule has 182 valence electrons. The molecule has 2 N–H and O–H groups in total. The zero-order valence-corrected chi connectivity index (χ0v) is 21.0. The molecule has 1 aliphatic rings. The summed E-state index contributed by atoms with van der Waals surface area (Å²) in [5.41, 5.74) is 4.32. The summed E-state index contributed by atoms with van der Waals surface area (Å²) in [6.07, 6.45) is -0.785. The lowest BCUT2D eigenvalue weighted by molar-refractivity contribution is -0.137. The predicted octanol–water partition coefficient (Wildman–Crippen LogP) is 6.58. The Morgan fingerprint density at radius 1 is 0.914 bits per heavy atom. The van der Waals surface area contributed by atoms with E-state index in [0.29, 0.717) is 0 Å². The maximum atomic E-state index is 13.0. The van der Waals surface area contributed by atoms with E-state index in [1.807, 2.05) is 54.6 Å². The molecule has 0 spiro atoms. The Kier molecular flexibility index (Phi) is 7.51. The lowest BCUT2D eigenvalue weighted by Gasteiger charge is -2.36. The Labute approximate surface area is 210 Å². The molecule has 35 heavy (non-hydrogen) atoms. The van der Waals surface area contributed by atoms with Gasteiger partial charge in [0.15, 0.2) is 0 Å². The first-order valence-electron chi connectivity index (χ1n) is 11.8. The van der Waals surface area contributed by atoms with Crippen molar-refractivity contribution in [3.8, 4) is 11.1 Å². The monoisotopic (exact) mass is 489 g/mol. The number of amides is 1. The summed E-state index contributed by atoms with van der Waals surface area (Å²) in [7, 11) is 0. The zero-order valence-electron chi connectivity index (χ0n) is 20.2. The smallest absolute Gasteiger partial charge is 0.407 e. The quantitative estimate of drug-likeness (QED) is 0.350. The van der Waals surface area contributed by atoms with Crippen LogP contribution in [-0.2, 0) is 9.53 Å². The van der Waals surface area contributed by atoms with Crippen molar-refractivity contribution in [1.82, 2.24) is 5.32 Å². The number of aliphatic carboxylic acids is 1. The number of nitrogens with one attached hydrogen (secondary N) is 1. The number of hydrogen-bond acceptors (Lipinski definition) is 4. The lowest BCUT2D eigenvalue weighted by Crippen LogP contribution is -2.48. The van der Waals surface area contributed by atoms with Crippen LogP contribution >= 0.6 is 11.8 Å². The van der Waals surface area contributed by atoms with Crippen LogP contribution in [-0.4, -0.2) is 35.1 Å². The lowest BCUT2D eigenvalue weighted by atomic mass is 9.86. The van der Waals surface area contributed by atoms with Gasteiger partial charge in [0, 0.05) is 16.1 Å². The maximum Gasteiger partial charge on any atom is 0.407 e. The Bertz CT molecular complexity index is 1140. The summed E-state index contributed by atoms with van der Waals surface area (Å²) in [6, 6.07) is 25.6. The van der Waals surface area contributed by atoms with Crippen LogP contribution in [0.15, 0.2) is 83.8 Å². The van der Waals surface area contributed by atoms with Gasteiger partial charge in [-0.25, -0.2) is 4.79 Å². The zero-order chi connectivity index (χ0) is 25.0. The van der Waals surface area contributed by atoms with Gasteiger partial charge >= 0.3 is 12.1 Å². The standard InChI is InChI=1S/C29H31NO4S/c1-29(2,3)27(35-19-11-5-4-6-12-19)25(17-26(31)32)30-28(33)34-18-24-22-15-9-7-13-20(22)21-14-8-10-16-23(21)24/h4-16,24-25,27H,17-18H2,1-3H3,(H,30,33)(H,31,32)/t25-,27?/m1/s1. The number of carboxylic acids is 1. The minimum absolute atomic E-state index is 0.0526. The van der Waals surface area contributed by atoms with Gasteiger partial charge in [-0.05, 0) is 39.8 Å². The van der Waals surface area contributed by atoms with Crippen molar-refractivity contribution in [2.45, 2.75) is 49.3 Å². The van der Waals surface area contributed by atoms with E-state index >= 15 is 0 Å². The predicted molar refractivity (Wildman–Crippen MR) is 140 cm³/mol. The van der Waals surface area contributed by atoms with Crippen molar-refractivity contribution in [2.24, 2.45) is 5.41 Å². The summed E-state index contributed by atoms with van der Waals surface area (Å²) in [4.78, 5) is 25.7. The number of benzene rings is 3. The number of carbonyl (C=O) groups excluding carboxylic acids is 1. The molecule has 0 saturated carbocycles. The number of fused-ring (bicyclic) bond motifs is 3. The van der Waals surface area contributed by atoms with E-state index in [0.717, 1.165) is 27.1 Å². The largest absolute Gasteiger partial charge is 0.481 e. The summed E-state index contributed by atoms with van der Waals surface area (Å²) < 4.78 is 5.71. The maximum absolute atomic E-state index is 13.0. The number of alkyl carbamates (subject to hydrolysis) is 1. The Morgan fingerprint density at radius 2 is 1.46 bits per heavy atom. The van der Waals surface area contributed by atoms with Gasteiger partial charge in [-0.1, -0.05) is 87.5 Å². The van der Waals surface area contributed by atoms with Gasteiger partial charge in [0.05, 0.1) is 12.5 Å². The average Bonchev–Trinajstić information content (AvgIpc) is 3.14. The number of carboxylic acid groups (broad SMARTS) is 1. The molecule has 3 aromatic rings. The number of carbonyl (C=O) groups is 2. The second kappa shape index (κ2) is 10.6. The van der Waals surface area contributed by atoms with Crippen LogP contribution in [0.4, 0.5) is 4.79 Å². The van der Waals surface area contributed by atoms with Crippen LogP contribution in [0.5, 0.6) is 0 Å². The molecule has 0 saturated heterocycles. The van der Waals surface area contributed by atoms with Gasteiger partial charge in [0.25, 0.3) is 0 Å². The Balaban J connectivity index is 1.49. The van der Waals surface area contributed by atoms with E-state index in [-0.39, 0.29) is 29.6 Å². The molecule has 1 amide bonds. The highest BCUT2D eigenvalue weighted by atomic mass is 32.2. The third-order valence-corrected chi connectivity index (χ3v) is 8.10. The highest BCUT2D eigenvalue weighted by Crippen LogP contribution is 2.44. The van der Waals surface area contributed by atoms with Gasteiger partial charge < -0.3 is 15.2 Å². The number of rotatable bonds is 8. The molecular formula is C29H31NO4S. The first-order chi connectivity index (χ1) is 16.7. The molecule has 3 aromatic carbocycles. The van der Waals surface area contributed by atoms with Crippen molar-refractivity contribution in [1.29, 1.82) is 0 Å². The molecule has 1 aliphatic carbocycles. The van der Waals surface area contributed by atoms with Crippen molar-refractivity contribution in [3.05, 3.63) is 90.0 Å². The van der Waals surface area contributed by atoms with E-state index in [1.165, 1.54) is 0 Å². The van der Waals surface area contributed by atoms with Crippen LogP contribution in [0, 0.1) is 5.41 Å². The van der Waals surface area contributed by atoms with Crippen LogP contribution in [0.1, 0.15) is 44.2 Å². The fourth-order valence-corrected chi connectivity index (χ4v) is 6.01. The van der Waals surface area contributed by atoms with Gasteiger partial charge in [-0.2, -0.15) is 0 Å². The molecule has 0 aromatic heterocycles. The SMILES string of the molecule is CC(C)(C)C(Sc1ccccc1)[C@@H](CC(=O)O)NC(=O)OCC1c2ccccc2-c2ccccc21. The van der Waals surface area contributed by atoms with Crippen molar-refractivity contribution in [3.63, 3.8) is 0 Å². The van der Waals surface area contributed by atoms with Crippen molar-refractivity contribution in [2.75, 3.05) is 6.61 Å². The molecule has 0 heterocycles. The van der Waals surface area contributed by atoms with Gasteiger partial charge in [0.2, 0.25) is 0 Å². The molecule has 0 aliphatic heterocycles.